The Morgan fingerprint density at radius 2 is 2.20 bits per heavy atom. The molecule has 0 fully saturated rings. The predicted molar refractivity (Wildman–Crippen MR) is 80.8 cm³/mol. The molecule has 6 heteroatoms. The van der Waals surface area contributed by atoms with Crippen LogP contribution in [-0.2, 0) is 6.54 Å². The molecule has 0 aliphatic heterocycles. The maximum Gasteiger partial charge on any atom is 0.291 e. The molecule has 0 aliphatic rings. The van der Waals surface area contributed by atoms with Crippen molar-refractivity contribution in [2.45, 2.75) is 13.5 Å². The quantitative estimate of drug-likeness (QED) is 0.757. The number of benzene rings is 1. The van der Waals surface area contributed by atoms with Gasteiger partial charge < -0.3 is 10.1 Å². The van der Waals surface area contributed by atoms with Gasteiger partial charge in [-0.3, -0.25) is 9.48 Å². The van der Waals surface area contributed by atoms with E-state index in [-0.39, 0.29) is 5.75 Å². The first-order valence-corrected chi connectivity index (χ1v) is 6.97. The van der Waals surface area contributed by atoms with Crippen LogP contribution in [0.2, 0.25) is 0 Å². The second-order valence-electron chi connectivity index (χ2n) is 4.40. The first kappa shape index (κ1) is 12.9. The van der Waals surface area contributed by atoms with E-state index in [1.807, 2.05) is 19.1 Å². The predicted octanol–water partition coefficient (Wildman–Crippen LogP) is 2.88. The minimum Gasteiger partial charge on any atom is -0.503 e. The van der Waals surface area contributed by atoms with Crippen LogP contribution >= 0.6 is 15.9 Å². The summed E-state index contributed by atoms with van der Waals surface area (Å²) in [5, 5.41) is 15.1. The van der Waals surface area contributed by atoms with Gasteiger partial charge in [0.25, 0.3) is 5.56 Å². The third kappa shape index (κ3) is 1.92. The summed E-state index contributed by atoms with van der Waals surface area (Å²) in [6.45, 7) is 2.61. The molecule has 20 heavy (non-hydrogen) atoms. The molecule has 3 aromatic rings. The van der Waals surface area contributed by atoms with Gasteiger partial charge >= 0.3 is 0 Å². The zero-order valence-corrected chi connectivity index (χ0v) is 12.3. The molecule has 0 unspecified atom stereocenters. The van der Waals surface area contributed by atoms with Gasteiger partial charge in [-0.05, 0) is 31.2 Å². The highest BCUT2D eigenvalue weighted by atomic mass is 79.9. The van der Waals surface area contributed by atoms with Crippen molar-refractivity contribution in [3.8, 4) is 17.0 Å². The summed E-state index contributed by atoms with van der Waals surface area (Å²) < 4.78 is 2.62. The molecular formula is C14H12BrN3O2. The zero-order chi connectivity index (χ0) is 14.3. The van der Waals surface area contributed by atoms with Crippen molar-refractivity contribution < 1.29 is 5.11 Å². The van der Waals surface area contributed by atoms with E-state index < -0.39 is 5.56 Å². The molecular weight excluding hydrogens is 322 g/mol. The average Bonchev–Trinajstić information content (AvgIpc) is 2.89. The number of halogens is 1. The van der Waals surface area contributed by atoms with E-state index in [0.717, 1.165) is 15.6 Å². The first-order valence-electron chi connectivity index (χ1n) is 6.18. The van der Waals surface area contributed by atoms with E-state index in [9.17, 15) is 9.90 Å². The molecule has 0 saturated carbocycles. The summed E-state index contributed by atoms with van der Waals surface area (Å²) in [7, 11) is 0. The van der Waals surface area contributed by atoms with Gasteiger partial charge in [-0.25, -0.2) is 0 Å². The minimum absolute atomic E-state index is 0.286. The van der Waals surface area contributed by atoms with E-state index in [1.165, 1.54) is 0 Å². The van der Waals surface area contributed by atoms with Crippen LogP contribution in [0.25, 0.3) is 22.2 Å². The molecule has 0 spiro atoms. The fourth-order valence-corrected chi connectivity index (χ4v) is 2.67. The molecule has 0 atom stereocenters. The molecule has 0 amide bonds. The Bertz CT molecular complexity index is 851. The molecule has 3 rings (SSSR count). The molecule has 1 aromatic carbocycles. The normalized spacial score (nSPS) is 11.1. The lowest BCUT2D eigenvalue weighted by molar-refractivity contribution is 0.469. The maximum atomic E-state index is 11.9. The lowest BCUT2D eigenvalue weighted by Gasteiger charge is -2.10. The Balaban J connectivity index is 2.47. The number of aryl methyl sites for hydroxylation is 1. The minimum atomic E-state index is -0.501. The van der Waals surface area contributed by atoms with Crippen molar-refractivity contribution in [2.75, 3.05) is 0 Å². The third-order valence-corrected chi connectivity index (χ3v) is 3.72. The van der Waals surface area contributed by atoms with E-state index in [2.05, 4.69) is 26.0 Å². The number of nitrogens with one attached hydrogen (secondary N) is 1. The number of pyridine rings is 1. The summed E-state index contributed by atoms with van der Waals surface area (Å²) in [6.07, 6.45) is 1.66. The fourth-order valence-electron chi connectivity index (χ4n) is 2.31. The standard InChI is InChI=1S/C14H12BrN3O2/c1-2-18-11(5-6-16-18)12-9-7-8(15)3-4-10(9)17-14(20)13(12)19/h3-7,19H,2H2,1H3,(H,17,20). The Morgan fingerprint density at radius 1 is 1.40 bits per heavy atom. The van der Waals surface area contributed by atoms with Gasteiger partial charge in [-0.15, -0.1) is 0 Å². The Labute approximate surface area is 123 Å². The molecule has 5 nitrogen and oxygen atoms in total. The summed E-state index contributed by atoms with van der Waals surface area (Å²) in [5.74, 6) is -0.286. The van der Waals surface area contributed by atoms with E-state index in [1.54, 1.807) is 23.0 Å². The summed E-state index contributed by atoms with van der Waals surface area (Å²) >= 11 is 3.41. The van der Waals surface area contributed by atoms with Crippen molar-refractivity contribution in [1.82, 2.24) is 14.8 Å². The maximum absolute atomic E-state index is 11.9. The van der Waals surface area contributed by atoms with Crippen molar-refractivity contribution in [3.05, 3.63) is 45.3 Å². The van der Waals surface area contributed by atoms with Gasteiger partial charge in [0.1, 0.15) is 0 Å². The van der Waals surface area contributed by atoms with Crippen molar-refractivity contribution in [3.63, 3.8) is 0 Å². The number of H-pyrrole nitrogens is 1. The number of fused-ring (bicyclic) bond motifs is 1. The smallest absolute Gasteiger partial charge is 0.291 e. The number of rotatable bonds is 2. The number of aromatic amines is 1. The van der Waals surface area contributed by atoms with Crippen LogP contribution < -0.4 is 5.56 Å². The molecule has 2 aromatic heterocycles. The van der Waals surface area contributed by atoms with Gasteiger partial charge in [0.05, 0.1) is 11.3 Å². The molecule has 0 saturated heterocycles. The SMILES string of the molecule is CCn1nccc1-c1c(O)c(=O)[nH]c2ccc(Br)cc12. The monoisotopic (exact) mass is 333 g/mol. The third-order valence-electron chi connectivity index (χ3n) is 3.22. The Kier molecular flexibility index (Phi) is 3.10. The van der Waals surface area contributed by atoms with Crippen molar-refractivity contribution >= 4 is 26.8 Å². The van der Waals surface area contributed by atoms with Gasteiger partial charge in [0.2, 0.25) is 0 Å². The van der Waals surface area contributed by atoms with Crippen molar-refractivity contribution in [2.24, 2.45) is 0 Å². The average molecular weight is 334 g/mol. The summed E-state index contributed by atoms with van der Waals surface area (Å²) in [4.78, 5) is 14.6. The van der Waals surface area contributed by atoms with Crippen LogP contribution in [-0.4, -0.2) is 19.9 Å². The number of hydrogen-bond donors (Lipinski definition) is 2. The van der Waals surface area contributed by atoms with Gasteiger partial charge in [0, 0.05) is 28.1 Å². The van der Waals surface area contributed by atoms with Crippen LogP contribution in [0.1, 0.15) is 6.92 Å². The number of aromatic hydroxyl groups is 1. The lowest BCUT2D eigenvalue weighted by atomic mass is 10.1. The highest BCUT2D eigenvalue weighted by Crippen LogP contribution is 2.34. The van der Waals surface area contributed by atoms with Crippen LogP contribution in [0.15, 0.2) is 39.7 Å². The first-order chi connectivity index (χ1) is 9.61. The van der Waals surface area contributed by atoms with Crippen LogP contribution in [0, 0.1) is 0 Å². The largest absolute Gasteiger partial charge is 0.503 e. The molecule has 0 radical (unpaired) electrons. The highest BCUT2D eigenvalue weighted by molar-refractivity contribution is 9.10. The molecule has 2 N–H and O–H groups in total. The Hall–Kier alpha value is -2.08. The summed E-state index contributed by atoms with van der Waals surface area (Å²) in [6, 6.07) is 7.30. The van der Waals surface area contributed by atoms with Gasteiger partial charge in [0.15, 0.2) is 5.75 Å². The molecule has 2 heterocycles. The van der Waals surface area contributed by atoms with Gasteiger partial charge in [-0.2, -0.15) is 5.10 Å². The van der Waals surface area contributed by atoms with Crippen LogP contribution in [0.4, 0.5) is 0 Å². The number of hydrogen-bond acceptors (Lipinski definition) is 3. The number of nitrogens with zero attached hydrogens (tertiary/aromatic N) is 2. The second kappa shape index (κ2) is 4.79. The topological polar surface area (TPSA) is 70.9 Å². The van der Waals surface area contributed by atoms with Crippen molar-refractivity contribution in [1.29, 1.82) is 0 Å². The fraction of sp³-hybridized carbons (Fsp3) is 0.143. The summed E-state index contributed by atoms with van der Waals surface area (Å²) in [5.41, 5.74) is 1.40. The molecule has 0 bridgehead atoms. The molecule has 0 aliphatic carbocycles. The Morgan fingerprint density at radius 3 is 2.95 bits per heavy atom. The van der Waals surface area contributed by atoms with E-state index in [0.29, 0.717) is 17.6 Å². The zero-order valence-electron chi connectivity index (χ0n) is 10.7. The van der Waals surface area contributed by atoms with Gasteiger partial charge in [-0.1, -0.05) is 15.9 Å². The number of aromatic nitrogens is 3. The van der Waals surface area contributed by atoms with Crippen LogP contribution in [0.5, 0.6) is 5.75 Å². The highest BCUT2D eigenvalue weighted by Gasteiger charge is 2.17. The van der Waals surface area contributed by atoms with Crippen LogP contribution in [0.3, 0.4) is 0 Å². The molecule has 102 valence electrons. The van der Waals surface area contributed by atoms with E-state index >= 15 is 0 Å². The van der Waals surface area contributed by atoms with E-state index in [4.69, 9.17) is 0 Å². The lowest BCUT2D eigenvalue weighted by Crippen LogP contribution is -2.08. The second-order valence-corrected chi connectivity index (χ2v) is 5.32.